The van der Waals surface area contributed by atoms with E-state index in [9.17, 15) is 9.59 Å². The van der Waals surface area contributed by atoms with Crippen molar-refractivity contribution in [3.05, 3.63) is 30.3 Å². The number of carbonyl (C=O) groups is 2. The lowest BCUT2D eigenvalue weighted by atomic mass is 9.99. The Bertz CT molecular complexity index is 453. The highest BCUT2D eigenvalue weighted by Gasteiger charge is 2.18. The minimum absolute atomic E-state index is 0.256. The number of hydrogen-bond donors (Lipinski definition) is 2. The third-order valence-electron chi connectivity index (χ3n) is 3.53. The molecular weight excluding hydrogens is 254 g/mol. The average molecular weight is 275 g/mol. The van der Waals surface area contributed by atoms with Gasteiger partial charge >= 0.3 is 6.03 Å². The van der Waals surface area contributed by atoms with Crippen molar-refractivity contribution in [1.29, 1.82) is 0 Å². The molecule has 0 saturated carbocycles. The van der Waals surface area contributed by atoms with Crippen LogP contribution in [0.4, 0.5) is 10.5 Å². The van der Waals surface area contributed by atoms with Crippen molar-refractivity contribution in [3.8, 4) is 0 Å². The summed E-state index contributed by atoms with van der Waals surface area (Å²) >= 11 is 0. The second-order valence-electron chi connectivity index (χ2n) is 5.33. The maximum absolute atomic E-state index is 11.8. The number of piperidine rings is 1. The van der Waals surface area contributed by atoms with E-state index in [1.165, 1.54) is 0 Å². The molecule has 1 heterocycles. The summed E-state index contributed by atoms with van der Waals surface area (Å²) in [6.45, 7) is 4.36. The molecule has 5 nitrogen and oxygen atoms in total. The zero-order valence-electron chi connectivity index (χ0n) is 11.8. The fourth-order valence-corrected chi connectivity index (χ4v) is 2.27. The van der Waals surface area contributed by atoms with Gasteiger partial charge in [0, 0.05) is 5.69 Å². The normalized spacial score (nSPS) is 16.6. The van der Waals surface area contributed by atoms with Gasteiger partial charge in [-0.25, -0.2) is 4.79 Å². The molecule has 1 aromatic rings. The molecule has 0 spiro atoms. The Morgan fingerprint density at radius 3 is 2.50 bits per heavy atom. The Morgan fingerprint density at radius 2 is 1.85 bits per heavy atom. The third kappa shape index (κ3) is 4.66. The lowest BCUT2D eigenvalue weighted by Crippen LogP contribution is -2.44. The largest absolute Gasteiger partial charge is 0.325 e. The smallest absolute Gasteiger partial charge is 0.308 e. The van der Waals surface area contributed by atoms with Gasteiger partial charge in [-0.15, -0.1) is 0 Å². The Kier molecular flexibility index (Phi) is 5.12. The van der Waals surface area contributed by atoms with Crippen LogP contribution in [0.3, 0.4) is 0 Å². The lowest BCUT2D eigenvalue weighted by Gasteiger charge is -2.29. The van der Waals surface area contributed by atoms with Gasteiger partial charge in [0.1, 0.15) is 0 Å². The number of rotatable bonds is 3. The molecule has 20 heavy (non-hydrogen) atoms. The molecule has 1 aromatic carbocycles. The van der Waals surface area contributed by atoms with Crippen molar-refractivity contribution in [1.82, 2.24) is 10.2 Å². The van der Waals surface area contributed by atoms with Crippen LogP contribution >= 0.6 is 0 Å². The summed E-state index contributed by atoms with van der Waals surface area (Å²) in [4.78, 5) is 25.5. The van der Waals surface area contributed by atoms with E-state index >= 15 is 0 Å². The first-order valence-corrected chi connectivity index (χ1v) is 7.02. The number of nitrogens with one attached hydrogen (secondary N) is 2. The number of para-hydroxylation sites is 1. The molecule has 0 aliphatic carbocycles. The molecule has 1 aliphatic heterocycles. The number of imide groups is 1. The highest BCUT2D eigenvalue weighted by atomic mass is 16.2. The molecule has 0 bridgehead atoms. The predicted molar refractivity (Wildman–Crippen MR) is 78.4 cm³/mol. The lowest BCUT2D eigenvalue weighted by molar-refractivity contribution is -0.121. The van der Waals surface area contributed by atoms with E-state index in [4.69, 9.17) is 0 Å². The summed E-state index contributed by atoms with van der Waals surface area (Å²) in [5, 5.41) is 4.98. The number of benzene rings is 1. The van der Waals surface area contributed by atoms with Crippen LogP contribution in [0.25, 0.3) is 0 Å². The molecule has 5 heteroatoms. The Balaban J connectivity index is 1.72. The molecule has 108 valence electrons. The monoisotopic (exact) mass is 275 g/mol. The van der Waals surface area contributed by atoms with Crippen LogP contribution in [-0.4, -0.2) is 36.5 Å². The van der Waals surface area contributed by atoms with Gasteiger partial charge in [-0.3, -0.25) is 15.0 Å². The van der Waals surface area contributed by atoms with Gasteiger partial charge in [0.05, 0.1) is 6.54 Å². The standard InChI is InChI=1S/C15H21N3O2/c1-12-7-9-18(10-8-12)11-14(19)17-15(20)16-13-5-3-2-4-6-13/h2-6,12H,7-11H2,1H3,(H2,16,17,19,20). The van der Waals surface area contributed by atoms with Crippen molar-refractivity contribution in [2.75, 3.05) is 25.0 Å². The van der Waals surface area contributed by atoms with Gasteiger partial charge in [0.15, 0.2) is 0 Å². The number of hydrogen-bond acceptors (Lipinski definition) is 3. The highest BCUT2D eigenvalue weighted by Crippen LogP contribution is 2.15. The number of likely N-dealkylation sites (tertiary alicyclic amines) is 1. The van der Waals surface area contributed by atoms with Crippen LogP contribution < -0.4 is 10.6 Å². The number of anilines is 1. The summed E-state index contributed by atoms with van der Waals surface area (Å²) in [6.07, 6.45) is 2.23. The fraction of sp³-hybridized carbons (Fsp3) is 0.467. The summed E-state index contributed by atoms with van der Waals surface area (Å²) in [5.41, 5.74) is 0.671. The Morgan fingerprint density at radius 1 is 1.20 bits per heavy atom. The van der Waals surface area contributed by atoms with E-state index in [-0.39, 0.29) is 12.5 Å². The van der Waals surface area contributed by atoms with Gasteiger partial charge in [-0.1, -0.05) is 25.1 Å². The third-order valence-corrected chi connectivity index (χ3v) is 3.53. The summed E-state index contributed by atoms with van der Waals surface area (Å²) < 4.78 is 0. The molecule has 1 aliphatic rings. The van der Waals surface area contributed by atoms with E-state index in [0.29, 0.717) is 5.69 Å². The maximum Gasteiger partial charge on any atom is 0.325 e. The summed E-state index contributed by atoms with van der Waals surface area (Å²) in [5.74, 6) is 0.476. The Labute approximate surface area is 119 Å². The second-order valence-corrected chi connectivity index (χ2v) is 5.33. The van der Waals surface area contributed by atoms with Crippen LogP contribution in [0.5, 0.6) is 0 Å². The second kappa shape index (κ2) is 7.05. The summed E-state index contributed by atoms with van der Waals surface area (Å²) in [6, 6.07) is 8.59. The zero-order valence-corrected chi connectivity index (χ0v) is 11.8. The number of nitrogens with zero attached hydrogens (tertiary/aromatic N) is 1. The first-order valence-electron chi connectivity index (χ1n) is 7.02. The quantitative estimate of drug-likeness (QED) is 0.887. The molecule has 2 rings (SSSR count). The molecule has 1 fully saturated rings. The molecule has 2 N–H and O–H groups in total. The van der Waals surface area contributed by atoms with Crippen molar-refractivity contribution < 1.29 is 9.59 Å². The van der Waals surface area contributed by atoms with Gasteiger partial charge in [0.25, 0.3) is 0 Å². The number of carbonyl (C=O) groups excluding carboxylic acids is 2. The van der Waals surface area contributed by atoms with E-state index in [1.54, 1.807) is 12.1 Å². The number of amides is 3. The molecule has 1 saturated heterocycles. The van der Waals surface area contributed by atoms with Gasteiger partial charge in [-0.2, -0.15) is 0 Å². The topological polar surface area (TPSA) is 61.4 Å². The average Bonchev–Trinajstić information content (AvgIpc) is 2.42. The fourth-order valence-electron chi connectivity index (χ4n) is 2.27. The number of urea groups is 1. The van der Waals surface area contributed by atoms with Crippen LogP contribution in [0.1, 0.15) is 19.8 Å². The van der Waals surface area contributed by atoms with Gasteiger partial charge in [0.2, 0.25) is 5.91 Å². The highest BCUT2D eigenvalue weighted by molar-refractivity contribution is 6.01. The summed E-state index contributed by atoms with van der Waals surface area (Å²) in [7, 11) is 0. The van der Waals surface area contributed by atoms with E-state index in [1.807, 2.05) is 18.2 Å². The van der Waals surface area contributed by atoms with Crippen LogP contribution in [-0.2, 0) is 4.79 Å². The van der Waals surface area contributed by atoms with E-state index in [2.05, 4.69) is 22.5 Å². The van der Waals surface area contributed by atoms with Crippen molar-refractivity contribution in [3.63, 3.8) is 0 Å². The van der Waals surface area contributed by atoms with Gasteiger partial charge < -0.3 is 5.32 Å². The van der Waals surface area contributed by atoms with Crippen molar-refractivity contribution in [2.24, 2.45) is 5.92 Å². The molecule has 3 amide bonds. The molecule has 0 unspecified atom stereocenters. The molecule has 0 atom stereocenters. The maximum atomic E-state index is 11.8. The first kappa shape index (κ1) is 14.5. The molecule has 0 radical (unpaired) electrons. The van der Waals surface area contributed by atoms with Gasteiger partial charge in [-0.05, 0) is 44.0 Å². The Hall–Kier alpha value is -1.88. The molecule has 0 aromatic heterocycles. The SMILES string of the molecule is CC1CCN(CC(=O)NC(=O)Nc2ccccc2)CC1. The van der Waals surface area contributed by atoms with Crippen LogP contribution in [0.15, 0.2) is 30.3 Å². The van der Waals surface area contributed by atoms with Crippen molar-refractivity contribution >= 4 is 17.6 Å². The van der Waals surface area contributed by atoms with E-state index < -0.39 is 6.03 Å². The van der Waals surface area contributed by atoms with Crippen LogP contribution in [0, 0.1) is 5.92 Å². The first-order chi connectivity index (χ1) is 9.63. The minimum atomic E-state index is -0.480. The van der Waals surface area contributed by atoms with Crippen molar-refractivity contribution in [2.45, 2.75) is 19.8 Å². The molecular formula is C15H21N3O2. The van der Waals surface area contributed by atoms with E-state index in [0.717, 1.165) is 31.8 Å². The minimum Gasteiger partial charge on any atom is -0.308 e. The predicted octanol–water partition coefficient (Wildman–Crippen LogP) is 2.07. The van der Waals surface area contributed by atoms with Crippen LogP contribution in [0.2, 0.25) is 0 Å². The zero-order chi connectivity index (χ0) is 14.4.